The molecular formula is C24H30N4O3S. The number of carbonyl (C=O) groups is 2. The molecule has 0 saturated heterocycles. The van der Waals surface area contributed by atoms with E-state index in [1.807, 2.05) is 6.92 Å². The third kappa shape index (κ3) is 3.89. The van der Waals surface area contributed by atoms with Crippen LogP contribution in [0.15, 0.2) is 11.6 Å². The molecule has 0 aliphatic heterocycles. The van der Waals surface area contributed by atoms with E-state index in [0.29, 0.717) is 29.2 Å². The highest BCUT2D eigenvalue weighted by Crippen LogP contribution is 2.59. The van der Waals surface area contributed by atoms with Gasteiger partial charge >= 0.3 is 0 Å². The molecular weight excluding hydrogens is 424 g/mol. The Labute approximate surface area is 192 Å². The van der Waals surface area contributed by atoms with Gasteiger partial charge in [-0.1, -0.05) is 6.92 Å². The average Bonchev–Trinajstić information content (AvgIpc) is 3.21. The zero-order valence-electron chi connectivity index (χ0n) is 18.6. The second-order valence-electron chi connectivity index (χ2n) is 10.1. The molecule has 3 N–H and O–H groups in total. The van der Waals surface area contributed by atoms with Crippen LogP contribution in [0.5, 0.6) is 5.75 Å². The highest BCUT2D eigenvalue weighted by atomic mass is 32.1. The summed E-state index contributed by atoms with van der Waals surface area (Å²) in [5, 5.41) is 16.4. The number of rotatable bonds is 6. The number of hydrogen-bond acceptors (Lipinski definition) is 6. The molecule has 0 radical (unpaired) electrons. The molecule has 4 aliphatic carbocycles. The lowest BCUT2D eigenvalue weighted by atomic mass is 9.49. The Bertz CT molecular complexity index is 1030. The van der Waals surface area contributed by atoms with Crippen molar-refractivity contribution in [3.63, 3.8) is 0 Å². The van der Waals surface area contributed by atoms with Crippen LogP contribution in [0.2, 0.25) is 0 Å². The van der Waals surface area contributed by atoms with E-state index < -0.39 is 5.91 Å². The molecule has 2 heterocycles. The van der Waals surface area contributed by atoms with E-state index in [9.17, 15) is 14.7 Å². The van der Waals surface area contributed by atoms with Crippen molar-refractivity contribution in [3.8, 4) is 5.75 Å². The minimum absolute atomic E-state index is 0.117. The third-order valence-corrected chi connectivity index (χ3v) is 8.36. The topological polar surface area (TPSA) is 104 Å². The molecule has 2 aromatic heterocycles. The molecule has 6 rings (SSSR count). The highest BCUT2D eigenvalue weighted by Gasteiger charge is 2.50. The number of pyridine rings is 1. The summed E-state index contributed by atoms with van der Waals surface area (Å²) in [4.78, 5) is 34.3. The first-order chi connectivity index (χ1) is 15.4. The fourth-order valence-corrected chi connectivity index (χ4v) is 7.29. The predicted octanol–water partition coefficient (Wildman–Crippen LogP) is 4.31. The third-order valence-electron chi connectivity index (χ3n) is 7.62. The minimum atomic E-state index is -0.415. The number of anilines is 1. The lowest BCUT2D eigenvalue weighted by Gasteiger charge is -2.56. The van der Waals surface area contributed by atoms with Gasteiger partial charge in [0.05, 0.1) is 11.2 Å². The average molecular weight is 455 g/mol. The Balaban J connectivity index is 1.26. The Morgan fingerprint density at radius 1 is 1.16 bits per heavy atom. The molecule has 4 aliphatic rings. The van der Waals surface area contributed by atoms with E-state index >= 15 is 0 Å². The number of aromatic nitrogens is 2. The molecule has 170 valence electrons. The smallest absolute Gasteiger partial charge is 0.274 e. The molecule has 4 bridgehead atoms. The van der Waals surface area contributed by atoms with E-state index in [1.165, 1.54) is 49.9 Å². The van der Waals surface area contributed by atoms with E-state index in [4.69, 9.17) is 0 Å². The van der Waals surface area contributed by atoms with Crippen LogP contribution in [0.25, 0.3) is 0 Å². The highest BCUT2D eigenvalue weighted by molar-refractivity contribution is 7.14. The first-order valence-corrected chi connectivity index (χ1v) is 12.5. The zero-order valence-corrected chi connectivity index (χ0v) is 19.4. The summed E-state index contributed by atoms with van der Waals surface area (Å²) < 4.78 is 0. The summed E-state index contributed by atoms with van der Waals surface area (Å²) in [5.74, 6) is 1.97. The van der Waals surface area contributed by atoms with Gasteiger partial charge < -0.3 is 15.7 Å². The van der Waals surface area contributed by atoms with E-state index in [0.717, 1.165) is 17.8 Å². The second-order valence-corrected chi connectivity index (χ2v) is 10.9. The van der Waals surface area contributed by atoms with Crippen molar-refractivity contribution in [1.29, 1.82) is 0 Å². The second kappa shape index (κ2) is 8.14. The standard InChI is InChI=1S/C24H30N4O3S/c1-3-17-20(29)13(2)4-18(27-17)21(30)28-23-19(26-12-32-23)22(31)25-11-24-8-14-5-15(9-24)7-16(6-14)10-24/h4,12,14-16,29H,3,5-11H2,1-2H3,(H,25,31)(H,28,30). The van der Waals surface area contributed by atoms with Crippen LogP contribution in [-0.4, -0.2) is 33.4 Å². The van der Waals surface area contributed by atoms with Crippen molar-refractivity contribution in [2.75, 3.05) is 11.9 Å². The van der Waals surface area contributed by atoms with Crippen molar-refractivity contribution < 1.29 is 14.7 Å². The number of amides is 2. The summed E-state index contributed by atoms with van der Waals surface area (Å²) in [6.45, 7) is 4.31. The molecule has 2 amide bonds. The first kappa shape index (κ1) is 21.4. The Kier molecular flexibility index (Phi) is 5.43. The fourth-order valence-electron chi connectivity index (χ4n) is 6.62. The summed E-state index contributed by atoms with van der Waals surface area (Å²) in [6, 6.07) is 1.55. The van der Waals surface area contributed by atoms with Gasteiger partial charge in [-0.2, -0.15) is 0 Å². The number of thiazole rings is 1. The molecule has 32 heavy (non-hydrogen) atoms. The molecule has 0 aromatic carbocycles. The van der Waals surface area contributed by atoms with Crippen LogP contribution in [0.3, 0.4) is 0 Å². The van der Waals surface area contributed by atoms with Gasteiger partial charge in [0, 0.05) is 6.54 Å². The van der Waals surface area contributed by atoms with Gasteiger partial charge in [-0.05, 0) is 86.7 Å². The number of hydrogen-bond donors (Lipinski definition) is 3. The van der Waals surface area contributed by atoms with Crippen LogP contribution in [0.4, 0.5) is 5.00 Å². The van der Waals surface area contributed by atoms with Crippen LogP contribution in [0.1, 0.15) is 77.7 Å². The number of nitrogens with zero attached hydrogens (tertiary/aromatic N) is 2. The molecule has 4 saturated carbocycles. The Morgan fingerprint density at radius 2 is 1.81 bits per heavy atom. The predicted molar refractivity (Wildman–Crippen MR) is 123 cm³/mol. The Morgan fingerprint density at radius 3 is 2.44 bits per heavy atom. The number of carbonyl (C=O) groups excluding carboxylic acids is 2. The largest absolute Gasteiger partial charge is 0.506 e. The molecule has 2 aromatic rings. The van der Waals surface area contributed by atoms with Gasteiger partial charge in [-0.25, -0.2) is 9.97 Å². The number of aryl methyl sites for hydroxylation is 2. The molecule has 7 nitrogen and oxygen atoms in total. The van der Waals surface area contributed by atoms with E-state index in [1.54, 1.807) is 18.5 Å². The number of aromatic hydroxyl groups is 1. The van der Waals surface area contributed by atoms with Crippen LogP contribution in [0, 0.1) is 30.1 Å². The van der Waals surface area contributed by atoms with Crippen LogP contribution in [-0.2, 0) is 6.42 Å². The minimum Gasteiger partial charge on any atom is -0.506 e. The maximum atomic E-state index is 13.0. The van der Waals surface area contributed by atoms with Crippen LogP contribution < -0.4 is 10.6 Å². The summed E-state index contributed by atoms with van der Waals surface area (Å²) in [6.07, 6.45) is 8.33. The van der Waals surface area contributed by atoms with Gasteiger partial charge in [0.25, 0.3) is 11.8 Å². The summed E-state index contributed by atoms with van der Waals surface area (Å²) in [7, 11) is 0. The van der Waals surface area contributed by atoms with Gasteiger partial charge in [-0.15, -0.1) is 11.3 Å². The molecule has 0 atom stereocenters. The van der Waals surface area contributed by atoms with Crippen molar-refractivity contribution in [2.45, 2.75) is 58.8 Å². The zero-order chi connectivity index (χ0) is 22.5. The monoisotopic (exact) mass is 454 g/mol. The van der Waals surface area contributed by atoms with Gasteiger partial charge in [0.1, 0.15) is 16.4 Å². The Hall–Kier alpha value is -2.48. The van der Waals surface area contributed by atoms with E-state index in [-0.39, 0.29) is 28.5 Å². The molecule has 0 unspecified atom stereocenters. The maximum Gasteiger partial charge on any atom is 0.274 e. The lowest BCUT2D eigenvalue weighted by Crippen LogP contribution is -2.51. The lowest BCUT2D eigenvalue weighted by molar-refractivity contribution is -0.0503. The van der Waals surface area contributed by atoms with Crippen molar-refractivity contribution in [1.82, 2.24) is 15.3 Å². The van der Waals surface area contributed by atoms with E-state index in [2.05, 4.69) is 20.6 Å². The van der Waals surface area contributed by atoms with Gasteiger partial charge in [-0.3, -0.25) is 9.59 Å². The maximum absolute atomic E-state index is 13.0. The van der Waals surface area contributed by atoms with Gasteiger partial charge in [0.15, 0.2) is 5.69 Å². The molecule has 8 heteroatoms. The molecule has 4 fully saturated rings. The fraction of sp³-hybridized carbons (Fsp3) is 0.583. The first-order valence-electron chi connectivity index (χ1n) is 11.6. The van der Waals surface area contributed by atoms with Crippen LogP contribution >= 0.6 is 11.3 Å². The molecule has 0 spiro atoms. The normalized spacial score (nSPS) is 28.0. The van der Waals surface area contributed by atoms with Crippen molar-refractivity contribution in [2.24, 2.45) is 23.2 Å². The number of nitrogens with one attached hydrogen (secondary N) is 2. The van der Waals surface area contributed by atoms with Crippen molar-refractivity contribution in [3.05, 3.63) is 34.2 Å². The van der Waals surface area contributed by atoms with Gasteiger partial charge in [0.2, 0.25) is 0 Å². The quantitative estimate of drug-likeness (QED) is 0.603. The summed E-state index contributed by atoms with van der Waals surface area (Å²) >= 11 is 1.22. The SMILES string of the molecule is CCc1nc(C(=O)Nc2scnc2C(=O)NCC23CC4CC(CC(C4)C2)C3)cc(C)c1O. The summed E-state index contributed by atoms with van der Waals surface area (Å²) in [5.41, 5.74) is 3.36. The van der Waals surface area contributed by atoms with Crippen molar-refractivity contribution >= 4 is 28.2 Å².